The molecule has 0 fully saturated rings. The number of unbranched alkanes of at least 4 members (excludes halogenated alkanes) is 2. The molecule has 41 heavy (non-hydrogen) atoms. The maximum absolute atomic E-state index is 13.4. The van der Waals surface area contributed by atoms with Crippen LogP contribution in [0.2, 0.25) is 0 Å². The summed E-state index contributed by atoms with van der Waals surface area (Å²) in [7, 11) is 1.64. The Labute approximate surface area is 239 Å². The third kappa shape index (κ3) is 6.62. The summed E-state index contributed by atoms with van der Waals surface area (Å²) in [5.41, 5.74) is 5.93. The number of nitrogens with one attached hydrogen (secondary N) is 3. The molecule has 0 aliphatic rings. The van der Waals surface area contributed by atoms with Gasteiger partial charge < -0.3 is 20.0 Å². The average Bonchev–Trinajstić information content (AvgIpc) is 3.60. The van der Waals surface area contributed by atoms with Crippen molar-refractivity contribution in [3.05, 3.63) is 71.9 Å². The molecule has 0 aliphatic heterocycles. The number of fused-ring (bicyclic) bond motifs is 2. The second-order valence-corrected chi connectivity index (χ2v) is 10.4. The monoisotopic (exact) mass is 552 g/mol. The smallest absolute Gasteiger partial charge is 0.225 e. The van der Waals surface area contributed by atoms with Gasteiger partial charge >= 0.3 is 0 Å². The number of H-pyrrole nitrogens is 2. The Balaban J connectivity index is 1.34. The molecule has 212 valence electrons. The standard InChI is InChI=1S/C32H36N6O3/c1-4-21(39)10-6-5-7-13-28(32-34-19-30(38-32)29-18-33-26-11-8-9-12-27(26)36-29)37-31(40)17-23-20(2)35-25-15-14-22(41-3)16-24(23)25/h8-9,11-12,14-16,18-19,28,35H,4-7,10,13,17H2,1-3H3,(H,34,38)(H,37,40)/t28-/m0/s1. The highest BCUT2D eigenvalue weighted by atomic mass is 16.5. The van der Waals surface area contributed by atoms with Gasteiger partial charge in [0.2, 0.25) is 5.91 Å². The molecule has 1 amide bonds. The SMILES string of the molecule is CCC(=O)CCCCC[C@H](NC(=O)Cc1c(C)[nH]c2ccc(OC)cc12)c1ncc(-c2cnc3ccccc3n2)[nH]1. The first-order valence-electron chi connectivity index (χ1n) is 14.2. The zero-order valence-corrected chi connectivity index (χ0v) is 23.8. The number of nitrogens with zero attached hydrogens (tertiary/aromatic N) is 3. The van der Waals surface area contributed by atoms with Crippen molar-refractivity contribution in [1.29, 1.82) is 0 Å². The molecule has 0 aliphatic carbocycles. The molecule has 3 N–H and O–H groups in total. The minimum atomic E-state index is -0.313. The van der Waals surface area contributed by atoms with E-state index in [4.69, 9.17) is 9.72 Å². The Bertz CT molecular complexity index is 1670. The lowest BCUT2D eigenvalue weighted by Gasteiger charge is -2.17. The number of benzene rings is 2. The largest absolute Gasteiger partial charge is 0.497 e. The van der Waals surface area contributed by atoms with Gasteiger partial charge in [0.25, 0.3) is 0 Å². The molecule has 0 radical (unpaired) electrons. The number of amides is 1. The van der Waals surface area contributed by atoms with Gasteiger partial charge in [0.15, 0.2) is 0 Å². The maximum Gasteiger partial charge on any atom is 0.225 e. The topological polar surface area (TPSA) is 126 Å². The van der Waals surface area contributed by atoms with Crippen LogP contribution in [0.25, 0.3) is 33.3 Å². The van der Waals surface area contributed by atoms with Crippen LogP contribution in [0.5, 0.6) is 5.75 Å². The summed E-state index contributed by atoms with van der Waals surface area (Å²) >= 11 is 0. The van der Waals surface area contributed by atoms with Crippen LogP contribution in [0.3, 0.4) is 0 Å². The van der Waals surface area contributed by atoms with Crippen LogP contribution in [-0.2, 0) is 16.0 Å². The lowest BCUT2D eigenvalue weighted by Crippen LogP contribution is -2.30. The molecule has 0 unspecified atom stereocenters. The lowest BCUT2D eigenvalue weighted by atomic mass is 10.0. The number of ketones is 1. The highest BCUT2D eigenvalue weighted by molar-refractivity contribution is 5.91. The van der Waals surface area contributed by atoms with E-state index in [1.807, 2.05) is 56.3 Å². The minimum Gasteiger partial charge on any atom is -0.497 e. The number of aromatic nitrogens is 5. The van der Waals surface area contributed by atoms with E-state index in [9.17, 15) is 9.59 Å². The number of para-hydroxylation sites is 2. The van der Waals surface area contributed by atoms with Gasteiger partial charge in [-0.3, -0.25) is 14.6 Å². The predicted octanol–water partition coefficient (Wildman–Crippen LogP) is 6.15. The maximum atomic E-state index is 13.4. The summed E-state index contributed by atoms with van der Waals surface area (Å²) < 4.78 is 5.40. The first-order valence-corrected chi connectivity index (χ1v) is 14.2. The number of methoxy groups -OCH3 is 1. The van der Waals surface area contributed by atoms with E-state index in [-0.39, 0.29) is 24.2 Å². The van der Waals surface area contributed by atoms with Crippen molar-refractivity contribution in [2.45, 2.75) is 64.8 Å². The number of aryl methyl sites for hydroxylation is 1. The van der Waals surface area contributed by atoms with Gasteiger partial charge in [0.1, 0.15) is 23.1 Å². The number of rotatable bonds is 13. The number of imidazole rings is 1. The Morgan fingerprint density at radius 2 is 1.83 bits per heavy atom. The number of aromatic amines is 2. The average molecular weight is 553 g/mol. The molecule has 1 atom stereocenters. The molecule has 5 rings (SSSR count). The molecule has 3 aromatic heterocycles. The summed E-state index contributed by atoms with van der Waals surface area (Å²) in [4.78, 5) is 45.8. The van der Waals surface area contributed by atoms with E-state index in [1.54, 1.807) is 19.5 Å². The van der Waals surface area contributed by atoms with Crippen LogP contribution >= 0.6 is 0 Å². The van der Waals surface area contributed by atoms with E-state index >= 15 is 0 Å². The highest BCUT2D eigenvalue weighted by Gasteiger charge is 2.21. The van der Waals surface area contributed by atoms with Gasteiger partial charge in [0, 0.05) is 29.4 Å². The molecule has 0 bridgehead atoms. The van der Waals surface area contributed by atoms with Crippen LogP contribution in [0.4, 0.5) is 0 Å². The zero-order chi connectivity index (χ0) is 28.8. The van der Waals surface area contributed by atoms with Crippen LogP contribution in [0, 0.1) is 6.92 Å². The van der Waals surface area contributed by atoms with Crippen molar-refractivity contribution in [3.63, 3.8) is 0 Å². The van der Waals surface area contributed by atoms with Crippen LogP contribution in [-0.4, -0.2) is 43.7 Å². The molecule has 5 aromatic rings. The van der Waals surface area contributed by atoms with Gasteiger partial charge in [-0.25, -0.2) is 9.97 Å². The van der Waals surface area contributed by atoms with Gasteiger partial charge in [-0.15, -0.1) is 0 Å². The Morgan fingerprint density at radius 3 is 2.63 bits per heavy atom. The molecular formula is C32H36N6O3. The third-order valence-electron chi connectivity index (χ3n) is 7.49. The van der Waals surface area contributed by atoms with E-state index in [2.05, 4.69) is 25.3 Å². The van der Waals surface area contributed by atoms with Gasteiger partial charge in [0.05, 0.1) is 48.7 Å². The number of carbonyl (C=O) groups is 2. The Hall–Kier alpha value is -4.53. The van der Waals surface area contributed by atoms with Crippen molar-refractivity contribution in [1.82, 2.24) is 30.2 Å². The van der Waals surface area contributed by atoms with E-state index < -0.39 is 0 Å². The first kappa shape index (κ1) is 28.0. The van der Waals surface area contributed by atoms with E-state index in [0.717, 1.165) is 63.9 Å². The Kier molecular flexibility index (Phi) is 8.72. The summed E-state index contributed by atoms with van der Waals surface area (Å²) in [6, 6.07) is 13.2. The number of ether oxygens (including phenoxy) is 1. The van der Waals surface area contributed by atoms with Crippen molar-refractivity contribution >= 4 is 33.6 Å². The van der Waals surface area contributed by atoms with Crippen molar-refractivity contribution in [3.8, 4) is 17.1 Å². The normalized spacial score (nSPS) is 12.1. The summed E-state index contributed by atoms with van der Waals surface area (Å²) in [6.07, 6.45) is 8.18. The molecule has 0 saturated carbocycles. The molecule has 3 heterocycles. The highest BCUT2D eigenvalue weighted by Crippen LogP contribution is 2.28. The second kappa shape index (κ2) is 12.8. The third-order valence-corrected chi connectivity index (χ3v) is 7.49. The summed E-state index contributed by atoms with van der Waals surface area (Å²) in [5.74, 6) is 1.61. The van der Waals surface area contributed by atoms with Crippen LogP contribution in [0.1, 0.15) is 68.6 Å². The number of Topliss-reactive ketones (excluding diaryl/α,β-unsaturated/α-hetero) is 1. The molecular weight excluding hydrogens is 516 g/mol. The van der Waals surface area contributed by atoms with Crippen molar-refractivity contribution in [2.24, 2.45) is 0 Å². The number of hydrogen-bond donors (Lipinski definition) is 3. The molecule has 9 heteroatoms. The molecule has 2 aromatic carbocycles. The minimum absolute atomic E-state index is 0.0913. The van der Waals surface area contributed by atoms with E-state index in [1.165, 1.54) is 0 Å². The molecule has 0 spiro atoms. The van der Waals surface area contributed by atoms with Crippen molar-refractivity contribution < 1.29 is 14.3 Å². The second-order valence-electron chi connectivity index (χ2n) is 10.4. The van der Waals surface area contributed by atoms with Crippen LogP contribution in [0.15, 0.2) is 54.9 Å². The quantitative estimate of drug-likeness (QED) is 0.151. The number of hydrogen-bond acceptors (Lipinski definition) is 6. The fraction of sp³-hybridized carbons (Fsp3) is 0.344. The number of carbonyl (C=O) groups excluding carboxylic acids is 2. The first-order chi connectivity index (χ1) is 19.9. The predicted molar refractivity (Wildman–Crippen MR) is 160 cm³/mol. The molecule has 9 nitrogen and oxygen atoms in total. The zero-order valence-electron chi connectivity index (χ0n) is 23.8. The summed E-state index contributed by atoms with van der Waals surface area (Å²) in [6.45, 7) is 3.88. The van der Waals surface area contributed by atoms with Gasteiger partial charge in [-0.1, -0.05) is 31.9 Å². The summed E-state index contributed by atoms with van der Waals surface area (Å²) in [5, 5.41) is 4.19. The van der Waals surface area contributed by atoms with Gasteiger partial charge in [-0.05, 0) is 55.7 Å². The van der Waals surface area contributed by atoms with Crippen LogP contribution < -0.4 is 10.1 Å². The lowest BCUT2D eigenvalue weighted by molar-refractivity contribution is -0.121. The van der Waals surface area contributed by atoms with E-state index in [0.29, 0.717) is 30.8 Å². The fourth-order valence-corrected chi connectivity index (χ4v) is 5.15. The fourth-order valence-electron chi connectivity index (χ4n) is 5.15. The van der Waals surface area contributed by atoms with Crippen molar-refractivity contribution in [2.75, 3.05) is 7.11 Å². The Morgan fingerprint density at radius 1 is 1.00 bits per heavy atom. The van der Waals surface area contributed by atoms with Gasteiger partial charge in [-0.2, -0.15) is 0 Å². The molecule has 0 saturated heterocycles.